The van der Waals surface area contributed by atoms with E-state index in [2.05, 4.69) is 150 Å². The molecule has 1 aromatic carbocycles. The number of likely N-dealkylation sites (tertiary alicyclic amines) is 5. The molecule has 6 aliphatic heterocycles. The van der Waals surface area contributed by atoms with Crippen molar-refractivity contribution in [2.24, 2.45) is 35.5 Å². The molecule has 11 aliphatic rings. The fourth-order valence-electron chi connectivity index (χ4n) is 15.6. The van der Waals surface area contributed by atoms with Gasteiger partial charge in [0.05, 0.1) is 0 Å². The van der Waals surface area contributed by atoms with Gasteiger partial charge in [-0.25, -0.2) is 0 Å². The Morgan fingerprint density at radius 2 is 0.922 bits per heavy atom. The summed E-state index contributed by atoms with van der Waals surface area (Å²) in [6, 6.07) is 17.1. The number of benzene rings is 1. The SMILES string of the molecule is CC1C2CCCC2CN1C.CC1CC2CC=CC2N1C.CC1CC2CCCC2N1C.CC1CC2CCCCC2N1C.CC1CC2CCCCCC2N1C.CC1Cc2ccccc2N1C. The number of anilines is 1. The van der Waals surface area contributed by atoms with E-state index in [1.165, 1.54) is 153 Å². The van der Waals surface area contributed by atoms with Crippen molar-refractivity contribution in [3.05, 3.63) is 42.0 Å². The van der Waals surface area contributed by atoms with Crippen molar-refractivity contribution in [3.8, 4) is 0 Å². The minimum atomic E-state index is 0.674. The summed E-state index contributed by atoms with van der Waals surface area (Å²) in [6.07, 6.45) is 35.3. The van der Waals surface area contributed by atoms with Gasteiger partial charge in [0.2, 0.25) is 0 Å². The second-order valence-corrected chi connectivity index (χ2v) is 24.1. The average Bonchev–Trinajstić information content (AvgIpc) is 4.20. The lowest BCUT2D eigenvalue weighted by Gasteiger charge is -2.30. The van der Waals surface area contributed by atoms with Crippen LogP contribution >= 0.6 is 0 Å². The normalized spacial score (nSPS) is 42.2. The third-order valence-electron chi connectivity index (χ3n) is 20.4. The summed E-state index contributed by atoms with van der Waals surface area (Å²) in [5, 5.41) is 0. The molecule has 9 fully saturated rings. The van der Waals surface area contributed by atoms with Crippen LogP contribution in [0.4, 0.5) is 5.69 Å². The van der Waals surface area contributed by atoms with Crippen molar-refractivity contribution in [2.45, 2.75) is 237 Å². The van der Waals surface area contributed by atoms with Crippen LogP contribution in [0.2, 0.25) is 0 Å². The second kappa shape index (κ2) is 23.2. The van der Waals surface area contributed by atoms with Crippen molar-refractivity contribution in [2.75, 3.05) is 53.7 Å². The van der Waals surface area contributed by atoms with Crippen LogP contribution in [0, 0.1) is 35.5 Å². The number of para-hydroxylation sites is 1. The topological polar surface area (TPSA) is 19.4 Å². The van der Waals surface area contributed by atoms with Gasteiger partial charge in [0, 0.05) is 79.7 Å². The standard InChI is InChI=1S/C11H21N.C10H19N.C10H13N.2C9H17N.C9H15N/c1-9-8-10-6-4-3-5-7-11(10)12(9)2;2*1-8-7-9-5-3-4-6-10(9)11(8)2;1-7-9-5-3-4-8(9)6-10(7)2;2*1-7-6-8-4-3-5-9(8)10(7)2/h9-11H,3-8H2,1-2H3;8-10H,3-7H2,1-2H3;3-6,8H,7H2,1-2H3;2*7-9H,3-6H2,1-2H3;3,5,7-9H,4,6H2,1-2H3. The molecule has 16 unspecified atom stereocenters. The molecule has 64 heavy (non-hydrogen) atoms. The number of hydrogen-bond donors (Lipinski definition) is 0. The minimum Gasteiger partial charge on any atom is -0.371 e. The van der Waals surface area contributed by atoms with Gasteiger partial charge in [-0.1, -0.05) is 75.3 Å². The Bertz CT molecular complexity index is 1540. The lowest BCUT2D eigenvalue weighted by molar-refractivity contribution is 0.192. The molecule has 6 heteroatoms. The Kier molecular flexibility index (Phi) is 18.3. The first kappa shape index (κ1) is 50.4. The first-order valence-corrected chi connectivity index (χ1v) is 27.8. The van der Waals surface area contributed by atoms with Crippen LogP contribution in [0.25, 0.3) is 0 Å². The molecule has 0 amide bonds. The predicted octanol–water partition coefficient (Wildman–Crippen LogP) is 12.3. The van der Waals surface area contributed by atoms with Crippen LogP contribution in [0.1, 0.15) is 176 Å². The molecule has 12 rings (SSSR count). The molecule has 0 bridgehead atoms. The number of hydrogen-bond acceptors (Lipinski definition) is 6. The predicted molar refractivity (Wildman–Crippen MR) is 277 cm³/mol. The van der Waals surface area contributed by atoms with Gasteiger partial charge in [-0.05, 0) is 214 Å². The number of nitrogens with zero attached hydrogens (tertiary/aromatic N) is 6. The lowest BCUT2D eigenvalue weighted by Crippen LogP contribution is -2.34. The van der Waals surface area contributed by atoms with Crippen molar-refractivity contribution in [1.29, 1.82) is 0 Å². The van der Waals surface area contributed by atoms with Crippen LogP contribution in [-0.2, 0) is 6.42 Å². The van der Waals surface area contributed by atoms with E-state index in [9.17, 15) is 0 Å². The fourth-order valence-corrected chi connectivity index (χ4v) is 15.6. The molecule has 16 atom stereocenters. The zero-order valence-electron chi connectivity index (χ0n) is 43.9. The van der Waals surface area contributed by atoms with Crippen molar-refractivity contribution in [1.82, 2.24) is 24.5 Å². The fraction of sp³-hybridized carbons (Fsp3) is 0.862. The molecule has 0 N–H and O–H groups in total. The van der Waals surface area contributed by atoms with Crippen LogP contribution < -0.4 is 4.90 Å². The zero-order chi connectivity index (χ0) is 45.7. The van der Waals surface area contributed by atoms with Gasteiger partial charge >= 0.3 is 0 Å². The Labute approximate surface area is 396 Å². The molecule has 4 saturated carbocycles. The monoisotopic (exact) mass is 883 g/mol. The number of allylic oxidation sites excluding steroid dienone is 1. The molecule has 0 aromatic heterocycles. The summed E-state index contributed by atoms with van der Waals surface area (Å²) in [7, 11) is 13.6. The van der Waals surface area contributed by atoms with Crippen LogP contribution in [0.5, 0.6) is 0 Å². The highest BCUT2D eigenvalue weighted by molar-refractivity contribution is 5.58. The summed E-state index contributed by atoms with van der Waals surface area (Å²) in [5.41, 5.74) is 2.89. The van der Waals surface area contributed by atoms with Crippen molar-refractivity contribution >= 4 is 5.69 Å². The van der Waals surface area contributed by atoms with E-state index in [0.29, 0.717) is 6.04 Å². The third kappa shape index (κ3) is 11.9. The molecule has 0 spiro atoms. The summed E-state index contributed by atoms with van der Waals surface area (Å²) in [4.78, 5) is 15.2. The minimum absolute atomic E-state index is 0.674. The number of fused-ring (bicyclic) bond motifs is 6. The van der Waals surface area contributed by atoms with E-state index >= 15 is 0 Å². The molecule has 6 nitrogen and oxygen atoms in total. The highest BCUT2D eigenvalue weighted by Crippen LogP contribution is 2.43. The van der Waals surface area contributed by atoms with Crippen molar-refractivity contribution in [3.63, 3.8) is 0 Å². The lowest BCUT2D eigenvalue weighted by atomic mass is 9.85. The van der Waals surface area contributed by atoms with Gasteiger partial charge in [0.15, 0.2) is 0 Å². The Hall–Kier alpha value is -1.44. The molecule has 0 radical (unpaired) electrons. The summed E-state index contributed by atoms with van der Waals surface area (Å²) < 4.78 is 0. The van der Waals surface area contributed by atoms with Gasteiger partial charge in [-0.15, -0.1) is 0 Å². The van der Waals surface area contributed by atoms with Crippen molar-refractivity contribution < 1.29 is 0 Å². The third-order valence-corrected chi connectivity index (χ3v) is 20.4. The van der Waals surface area contributed by atoms with E-state index in [0.717, 1.165) is 89.9 Å². The van der Waals surface area contributed by atoms with E-state index in [1.54, 1.807) is 0 Å². The average molecular weight is 883 g/mol. The summed E-state index contributed by atoms with van der Waals surface area (Å²) in [5.74, 6) is 6.18. The second-order valence-electron chi connectivity index (χ2n) is 24.1. The Morgan fingerprint density at radius 3 is 1.50 bits per heavy atom. The first-order chi connectivity index (χ1) is 30.7. The number of likely N-dealkylation sites (N-methyl/N-ethyl adjacent to an activating group) is 2. The Balaban J connectivity index is 0.000000115. The van der Waals surface area contributed by atoms with Gasteiger partial charge in [-0.2, -0.15) is 0 Å². The quantitative estimate of drug-likeness (QED) is 0.240. The molecular weight excluding hydrogens is 781 g/mol. The highest BCUT2D eigenvalue weighted by Gasteiger charge is 2.42. The van der Waals surface area contributed by atoms with Crippen LogP contribution in [0.15, 0.2) is 36.4 Å². The molecule has 364 valence electrons. The smallest absolute Gasteiger partial charge is 0.0399 e. The van der Waals surface area contributed by atoms with E-state index in [-0.39, 0.29) is 0 Å². The zero-order valence-corrected chi connectivity index (χ0v) is 43.9. The van der Waals surface area contributed by atoms with E-state index < -0.39 is 0 Å². The maximum atomic E-state index is 2.62. The highest BCUT2D eigenvalue weighted by atomic mass is 15.2. The van der Waals surface area contributed by atoms with Gasteiger partial charge in [0.1, 0.15) is 0 Å². The molecule has 5 saturated heterocycles. The van der Waals surface area contributed by atoms with Crippen LogP contribution in [0.3, 0.4) is 0 Å². The summed E-state index contributed by atoms with van der Waals surface area (Å²) >= 11 is 0. The molecular formula is C58H102N6. The largest absolute Gasteiger partial charge is 0.371 e. The van der Waals surface area contributed by atoms with Gasteiger partial charge in [0.25, 0.3) is 0 Å². The van der Waals surface area contributed by atoms with E-state index in [1.807, 2.05) is 0 Å². The van der Waals surface area contributed by atoms with Gasteiger partial charge < -0.3 is 24.5 Å². The van der Waals surface area contributed by atoms with Crippen LogP contribution in [-0.4, -0.2) is 134 Å². The molecule has 1 aromatic rings. The van der Waals surface area contributed by atoms with Gasteiger partial charge in [-0.3, -0.25) is 4.90 Å². The summed E-state index contributed by atoms with van der Waals surface area (Å²) in [6.45, 7) is 15.5. The first-order valence-electron chi connectivity index (χ1n) is 27.8. The maximum Gasteiger partial charge on any atom is 0.0399 e. The maximum absolute atomic E-state index is 2.62. The number of rotatable bonds is 0. The molecule has 6 heterocycles. The Morgan fingerprint density at radius 1 is 0.453 bits per heavy atom. The molecule has 5 aliphatic carbocycles. The van der Waals surface area contributed by atoms with E-state index in [4.69, 9.17) is 0 Å².